The van der Waals surface area contributed by atoms with E-state index in [1.807, 2.05) is 45.0 Å². The Hall–Kier alpha value is -3.32. The van der Waals surface area contributed by atoms with E-state index in [9.17, 15) is 9.59 Å². The number of nitrogens with one attached hydrogen (secondary N) is 2. The van der Waals surface area contributed by atoms with E-state index in [0.29, 0.717) is 25.1 Å². The van der Waals surface area contributed by atoms with Crippen molar-refractivity contribution < 1.29 is 19.1 Å². The standard InChI is InChI=1S/C27H33N3O4/c1-15-10-25(33-5)16(2)9-20(15)13-30-14-21(12-24(30)27(32)34-6)29-26(31)19-7-8-23-22(11-19)17(3)18(4)28-23/h7-11,21,24,28H,12-14H2,1-6H3,(H,29,31)/t21-,24-/m0/s1. The van der Waals surface area contributed by atoms with E-state index in [1.54, 1.807) is 7.11 Å². The maximum Gasteiger partial charge on any atom is 0.323 e. The third-order valence-corrected chi connectivity index (χ3v) is 7.01. The normalized spacial score (nSPS) is 18.3. The number of carbonyl (C=O) groups is 2. The summed E-state index contributed by atoms with van der Waals surface area (Å²) in [5.41, 5.74) is 7.16. The van der Waals surface area contributed by atoms with Gasteiger partial charge in [0.15, 0.2) is 0 Å². The number of nitrogens with zero attached hydrogens (tertiary/aromatic N) is 1. The summed E-state index contributed by atoms with van der Waals surface area (Å²) in [5, 5.41) is 4.19. The Morgan fingerprint density at radius 3 is 2.56 bits per heavy atom. The highest BCUT2D eigenvalue weighted by Gasteiger charge is 2.38. The van der Waals surface area contributed by atoms with Crippen molar-refractivity contribution in [2.45, 2.75) is 52.7 Å². The molecule has 2 atom stereocenters. The van der Waals surface area contributed by atoms with Crippen LogP contribution >= 0.6 is 0 Å². The Balaban J connectivity index is 1.52. The number of ether oxygens (including phenoxy) is 2. The van der Waals surface area contributed by atoms with Crippen LogP contribution in [-0.2, 0) is 16.1 Å². The number of fused-ring (bicyclic) bond motifs is 1. The van der Waals surface area contributed by atoms with Crippen LogP contribution in [0.5, 0.6) is 5.75 Å². The van der Waals surface area contributed by atoms with Gasteiger partial charge in [-0.15, -0.1) is 0 Å². The van der Waals surface area contributed by atoms with E-state index in [2.05, 4.69) is 28.2 Å². The van der Waals surface area contributed by atoms with Gasteiger partial charge in [-0.05, 0) is 80.6 Å². The number of aromatic amines is 1. The molecule has 7 nitrogen and oxygen atoms in total. The van der Waals surface area contributed by atoms with E-state index in [4.69, 9.17) is 9.47 Å². The minimum Gasteiger partial charge on any atom is -0.496 e. The molecule has 0 spiro atoms. The summed E-state index contributed by atoms with van der Waals surface area (Å²) in [6.45, 7) is 9.30. The number of carbonyl (C=O) groups excluding carboxylic acids is 2. The topological polar surface area (TPSA) is 83.7 Å². The summed E-state index contributed by atoms with van der Waals surface area (Å²) in [6.07, 6.45) is 0.511. The molecule has 1 aliphatic heterocycles. The summed E-state index contributed by atoms with van der Waals surface area (Å²) in [6, 6.07) is 9.27. The quantitative estimate of drug-likeness (QED) is 0.541. The van der Waals surface area contributed by atoms with Gasteiger partial charge in [-0.3, -0.25) is 14.5 Å². The predicted octanol–water partition coefficient (Wildman–Crippen LogP) is 3.96. The number of amides is 1. The molecule has 1 fully saturated rings. The van der Waals surface area contributed by atoms with Crippen LogP contribution in [0, 0.1) is 27.7 Å². The van der Waals surface area contributed by atoms with Gasteiger partial charge in [0.05, 0.1) is 14.2 Å². The molecule has 0 radical (unpaired) electrons. The monoisotopic (exact) mass is 463 g/mol. The molecule has 0 bridgehead atoms. The number of likely N-dealkylation sites (tertiary alicyclic amines) is 1. The fourth-order valence-corrected chi connectivity index (χ4v) is 4.89. The molecule has 3 aromatic rings. The van der Waals surface area contributed by atoms with Crippen LogP contribution in [0.25, 0.3) is 10.9 Å². The van der Waals surface area contributed by atoms with Crippen LogP contribution < -0.4 is 10.1 Å². The van der Waals surface area contributed by atoms with Crippen LogP contribution in [0.15, 0.2) is 30.3 Å². The Bertz CT molecular complexity index is 1250. The summed E-state index contributed by atoms with van der Waals surface area (Å²) < 4.78 is 10.5. The lowest BCUT2D eigenvalue weighted by atomic mass is 10.0. The molecule has 34 heavy (non-hydrogen) atoms. The zero-order chi connectivity index (χ0) is 24.6. The van der Waals surface area contributed by atoms with Crippen LogP contribution in [0.4, 0.5) is 0 Å². The fraction of sp³-hybridized carbons (Fsp3) is 0.407. The minimum atomic E-state index is -0.408. The third kappa shape index (κ3) is 4.53. The summed E-state index contributed by atoms with van der Waals surface area (Å²) in [5.74, 6) is 0.439. The largest absolute Gasteiger partial charge is 0.496 e. The number of aryl methyl sites for hydroxylation is 4. The lowest BCUT2D eigenvalue weighted by Crippen LogP contribution is -2.38. The highest BCUT2D eigenvalue weighted by atomic mass is 16.5. The third-order valence-electron chi connectivity index (χ3n) is 7.01. The first-order chi connectivity index (χ1) is 16.2. The number of aromatic nitrogens is 1. The average molecular weight is 464 g/mol. The summed E-state index contributed by atoms with van der Waals surface area (Å²) in [7, 11) is 3.07. The second kappa shape index (κ2) is 9.50. The van der Waals surface area contributed by atoms with Crippen molar-refractivity contribution in [1.82, 2.24) is 15.2 Å². The molecule has 0 unspecified atom stereocenters. The first kappa shape index (κ1) is 23.8. The maximum absolute atomic E-state index is 13.1. The fourth-order valence-electron chi connectivity index (χ4n) is 4.89. The van der Waals surface area contributed by atoms with Crippen LogP contribution in [-0.4, -0.2) is 54.6 Å². The van der Waals surface area contributed by atoms with Crippen molar-refractivity contribution in [2.75, 3.05) is 20.8 Å². The molecule has 2 N–H and O–H groups in total. The van der Waals surface area contributed by atoms with Gasteiger partial charge < -0.3 is 19.8 Å². The molecule has 0 saturated carbocycles. The molecule has 1 saturated heterocycles. The minimum absolute atomic E-state index is 0.132. The van der Waals surface area contributed by atoms with E-state index in [1.165, 1.54) is 7.11 Å². The summed E-state index contributed by atoms with van der Waals surface area (Å²) >= 11 is 0. The Labute approximate surface area is 200 Å². The SMILES string of the molecule is COC(=O)[C@@H]1C[C@H](NC(=O)c2ccc3[nH]c(C)c(C)c3c2)CN1Cc1cc(C)c(OC)cc1C. The van der Waals surface area contributed by atoms with E-state index in [0.717, 1.165) is 44.6 Å². The molecule has 2 heterocycles. The average Bonchev–Trinajstić information content (AvgIpc) is 3.34. The number of esters is 1. The van der Waals surface area contributed by atoms with Crippen molar-refractivity contribution >= 4 is 22.8 Å². The zero-order valence-electron chi connectivity index (χ0n) is 20.7. The first-order valence-corrected chi connectivity index (χ1v) is 11.6. The van der Waals surface area contributed by atoms with Gasteiger partial charge in [-0.2, -0.15) is 0 Å². The number of hydrogen-bond donors (Lipinski definition) is 2. The molecule has 2 aromatic carbocycles. The molecular weight excluding hydrogens is 430 g/mol. The van der Waals surface area contributed by atoms with Crippen LogP contribution in [0.3, 0.4) is 0 Å². The van der Waals surface area contributed by atoms with Gasteiger partial charge >= 0.3 is 5.97 Å². The maximum atomic E-state index is 13.1. The second-order valence-electron chi connectivity index (χ2n) is 9.26. The molecule has 1 aromatic heterocycles. The van der Waals surface area contributed by atoms with Gasteiger partial charge in [0.25, 0.3) is 5.91 Å². The smallest absolute Gasteiger partial charge is 0.323 e. The lowest BCUT2D eigenvalue weighted by Gasteiger charge is -2.23. The zero-order valence-corrected chi connectivity index (χ0v) is 20.7. The Morgan fingerprint density at radius 2 is 1.85 bits per heavy atom. The number of H-pyrrole nitrogens is 1. The highest BCUT2D eigenvalue weighted by molar-refractivity contribution is 5.99. The van der Waals surface area contributed by atoms with Gasteiger partial charge in [-0.1, -0.05) is 6.07 Å². The number of rotatable bonds is 6. The molecule has 7 heteroatoms. The van der Waals surface area contributed by atoms with Crippen molar-refractivity contribution in [1.29, 1.82) is 0 Å². The lowest BCUT2D eigenvalue weighted by molar-refractivity contribution is -0.146. The predicted molar refractivity (Wildman–Crippen MR) is 132 cm³/mol. The van der Waals surface area contributed by atoms with E-state index >= 15 is 0 Å². The van der Waals surface area contributed by atoms with Crippen molar-refractivity contribution in [3.05, 3.63) is 63.8 Å². The molecular formula is C27H33N3O4. The Morgan fingerprint density at radius 1 is 1.09 bits per heavy atom. The van der Waals surface area contributed by atoms with Gasteiger partial charge in [0.1, 0.15) is 11.8 Å². The molecule has 180 valence electrons. The van der Waals surface area contributed by atoms with Crippen molar-refractivity contribution in [3.63, 3.8) is 0 Å². The molecule has 1 amide bonds. The van der Waals surface area contributed by atoms with Gasteiger partial charge in [0, 0.05) is 41.3 Å². The molecule has 4 rings (SSSR count). The van der Waals surface area contributed by atoms with Crippen LogP contribution in [0.1, 0.15) is 44.7 Å². The van der Waals surface area contributed by atoms with Crippen molar-refractivity contribution in [2.24, 2.45) is 0 Å². The van der Waals surface area contributed by atoms with Gasteiger partial charge in [-0.25, -0.2) is 0 Å². The molecule has 1 aliphatic rings. The van der Waals surface area contributed by atoms with E-state index in [-0.39, 0.29) is 17.9 Å². The highest BCUT2D eigenvalue weighted by Crippen LogP contribution is 2.28. The number of methoxy groups -OCH3 is 2. The van der Waals surface area contributed by atoms with E-state index < -0.39 is 6.04 Å². The van der Waals surface area contributed by atoms with Gasteiger partial charge in [0.2, 0.25) is 0 Å². The number of benzene rings is 2. The summed E-state index contributed by atoms with van der Waals surface area (Å²) in [4.78, 5) is 31.1. The number of hydrogen-bond acceptors (Lipinski definition) is 5. The first-order valence-electron chi connectivity index (χ1n) is 11.6. The molecule has 0 aliphatic carbocycles. The second-order valence-corrected chi connectivity index (χ2v) is 9.26. The Kier molecular flexibility index (Phi) is 6.66. The van der Waals surface area contributed by atoms with Crippen molar-refractivity contribution in [3.8, 4) is 5.75 Å². The van der Waals surface area contributed by atoms with Crippen LogP contribution in [0.2, 0.25) is 0 Å².